The van der Waals surface area contributed by atoms with Crippen molar-refractivity contribution < 1.29 is 9.59 Å². The molecule has 0 aliphatic carbocycles. The Morgan fingerprint density at radius 3 is 2.18 bits per heavy atom. The quantitative estimate of drug-likeness (QED) is 0.140. The molecule has 4 aromatic rings. The highest BCUT2D eigenvalue weighted by molar-refractivity contribution is 5.92. The largest absolute Gasteiger partial charge is 0.370 e. The van der Waals surface area contributed by atoms with Gasteiger partial charge in [-0.25, -0.2) is 0 Å². The lowest BCUT2D eigenvalue weighted by Gasteiger charge is -2.23. The van der Waals surface area contributed by atoms with Crippen molar-refractivity contribution in [3.63, 3.8) is 0 Å². The summed E-state index contributed by atoms with van der Waals surface area (Å²) in [4.78, 5) is 35.3. The predicted molar refractivity (Wildman–Crippen MR) is 150 cm³/mol. The van der Waals surface area contributed by atoms with Crippen LogP contribution in [0.5, 0.6) is 0 Å². The molecule has 4 rings (SSSR count). The van der Waals surface area contributed by atoms with Gasteiger partial charge in [0.05, 0.1) is 11.4 Å². The molecule has 8 heteroatoms. The number of pyridine rings is 1. The van der Waals surface area contributed by atoms with E-state index in [-0.39, 0.29) is 17.8 Å². The van der Waals surface area contributed by atoms with E-state index >= 15 is 0 Å². The maximum absolute atomic E-state index is 13.7. The summed E-state index contributed by atoms with van der Waals surface area (Å²) in [5.74, 6) is -1.08. The molecule has 194 valence electrons. The molecule has 0 bridgehead atoms. The number of nitrogens with one attached hydrogen (secondary N) is 2. The van der Waals surface area contributed by atoms with E-state index in [0.717, 1.165) is 27.6 Å². The fourth-order valence-corrected chi connectivity index (χ4v) is 4.36. The highest BCUT2D eigenvalue weighted by atomic mass is 16.2. The average molecular weight is 509 g/mol. The molecule has 0 radical (unpaired) electrons. The second-order valence-corrected chi connectivity index (χ2v) is 9.01. The Labute approximate surface area is 222 Å². The van der Waals surface area contributed by atoms with Crippen molar-refractivity contribution in [1.29, 1.82) is 0 Å². The Morgan fingerprint density at radius 1 is 0.842 bits per heavy atom. The molecule has 0 fully saturated rings. The van der Waals surface area contributed by atoms with Crippen LogP contribution in [-0.4, -0.2) is 35.3 Å². The van der Waals surface area contributed by atoms with Crippen LogP contribution in [0.3, 0.4) is 0 Å². The predicted octanol–water partition coefficient (Wildman–Crippen LogP) is 3.22. The molecule has 8 nitrogen and oxygen atoms in total. The number of fused-ring (bicyclic) bond motifs is 1. The SMILES string of the molecule is NC(N)=NCCC[C@@H](NC(=O)C(c1ccccc1)c1ccccc1)C(=O)NCc1ccc2ncccc2c1. The number of aliphatic imine (C=N–C) groups is 1. The third-order valence-electron chi connectivity index (χ3n) is 6.24. The van der Waals surface area contributed by atoms with Crippen molar-refractivity contribution in [2.75, 3.05) is 6.54 Å². The standard InChI is InChI=1S/C30H32N6O2/c31-30(32)34-18-8-14-26(28(37)35-20-21-15-16-25-24(19-21)13-7-17-33-25)36-29(38)27(22-9-3-1-4-10-22)23-11-5-2-6-12-23/h1-7,9-13,15-17,19,26-27H,8,14,18,20H2,(H,35,37)(H,36,38)(H4,31,32,34)/t26-/m1/s1. The zero-order valence-electron chi connectivity index (χ0n) is 21.1. The number of carbonyl (C=O) groups excluding carboxylic acids is 2. The van der Waals surface area contributed by atoms with Crippen molar-refractivity contribution in [3.05, 3.63) is 114 Å². The van der Waals surface area contributed by atoms with Crippen LogP contribution in [0.15, 0.2) is 102 Å². The number of nitrogens with two attached hydrogens (primary N) is 2. The summed E-state index contributed by atoms with van der Waals surface area (Å²) in [6.07, 6.45) is 2.66. The minimum absolute atomic E-state index is 0.00551. The highest BCUT2D eigenvalue weighted by Gasteiger charge is 2.27. The van der Waals surface area contributed by atoms with Crippen LogP contribution in [0.1, 0.15) is 35.4 Å². The molecule has 38 heavy (non-hydrogen) atoms. The molecule has 2 amide bonds. The lowest BCUT2D eigenvalue weighted by atomic mass is 9.90. The minimum Gasteiger partial charge on any atom is -0.370 e. The number of hydrogen-bond acceptors (Lipinski definition) is 4. The molecule has 1 atom stereocenters. The third kappa shape index (κ3) is 7.16. The van der Waals surface area contributed by atoms with Gasteiger partial charge in [0, 0.05) is 24.7 Å². The lowest BCUT2D eigenvalue weighted by Crippen LogP contribution is -2.48. The van der Waals surface area contributed by atoms with Crippen LogP contribution < -0.4 is 22.1 Å². The molecule has 3 aromatic carbocycles. The fraction of sp³-hybridized carbons (Fsp3) is 0.200. The molecule has 1 aromatic heterocycles. The normalized spacial score (nSPS) is 11.6. The van der Waals surface area contributed by atoms with Gasteiger partial charge in [-0.1, -0.05) is 72.8 Å². The summed E-state index contributed by atoms with van der Waals surface area (Å²) in [5.41, 5.74) is 14.4. The van der Waals surface area contributed by atoms with Crippen LogP contribution in [0.2, 0.25) is 0 Å². The fourth-order valence-electron chi connectivity index (χ4n) is 4.36. The van der Waals surface area contributed by atoms with E-state index in [1.807, 2.05) is 91.0 Å². The molecular formula is C30H32N6O2. The molecule has 0 unspecified atom stereocenters. The lowest BCUT2D eigenvalue weighted by molar-refractivity contribution is -0.129. The Morgan fingerprint density at radius 2 is 1.53 bits per heavy atom. The number of benzene rings is 3. The van der Waals surface area contributed by atoms with Crippen molar-refractivity contribution in [2.24, 2.45) is 16.5 Å². The molecule has 0 saturated carbocycles. The number of amides is 2. The van der Waals surface area contributed by atoms with Crippen LogP contribution in [-0.2, 0) is 16.1 Å². The summed E-state index contributed by atoms with van der Waals surface area (Å²) in [6.45, 7) is 0.686. The van der Waals surface area contributed by atoms with Crippen molar-refractivity contribution in [3.8, 4) is 0 Å². The summed E-state index contributed by atoms with van der Waals surface area (Å²) < 4.78 is 0. The first kappa shape index (κ1) is 26.3. The van der Waals surface area contributed by atoms with E-state index < -0.39 is 12.0 Å². The molecular weight excluding hydrogens is 476 g/mol. The van der Waals surface area contributed by atoms with Gasteiger partial charge < -0.3 is 22.1 Å². The van der Waals surface area contributed by atoms with E-state index in [2.05, 4.69) is 20.6 Å². The maximum Gasteiger partial charge on any atom is 0.242 e. The molecule has 1 heterocycles. The van der Waals surface area contributed by atoms with Crippen molar-refractivity contribution in [2.45, 2.75) is 31.3 Å². The summed E-state index contributed by atoms with van der Waals surface area (Å²) in [7, 11) is 0. The summed E-state index contributed by atoms with van der Waals surface area (Å²) in [5, 5.41) is 6.97. The molecule has 0 saturated heterocycles. The van der Waals surface area contributed by atoms with E-state index in [1.54, 1.807) is 6.20 Å². The van der Waals surface area contributed by atoms with Gasteiger partial charge in [0.25, 0.3) is 0 Å². The van der Waals surface area contributed by atoms with Crippen molar-refractivity contribution in [1.82, 2.24) is 15.6 Å². The third-order valence-corrected chi connectivity index (χ3v) is 6.24. The Kier molecular flexibility index (Phi) is 9.02. The minimum atomic E-state index is -0.756. The van der Waals surface area contributed by atoms with Gasteiger partial charge in [-0.05, 0) is 47.7 Å². The number of rotatable bonds is 11. The second-order valence-electron chi connectivity index (χ2n) is 9.01. The number of hydrogen-bond donors (Lipinski definition) is 4. The highest BCUT2D eigenvalue weighted by Crippen LogP contribution is 2.25. The first-order valence-corrected chi connectivity index (χ1v) is 12.6. The van der Waals surface area contributed by atoms with Crippen LogP contribution in [0.4, 0.5) is 0 Å². The van der Waals surface area contributed by atoms with E-state index in [4.69, 9.17) is 11.5 Å². The Hall–Kier alpha value is -4.72. The molecule has 0 aliphatic rings. The Bertz CT molecular complexity index is 1350. The monoisotopic (exact) mass is 508 g/mol. The zero-order valence-corrected chi connectivity index (χ0v) is 21.1. The Balaban J connectivity index is 1.50. The topological polar surface area (TPSA) is 135 Å². The molecule has 6 N–H and O–H groups in total. The van der Waals surface area contributed by atoms with Crippen LogP contribution in [0, 0.1) is 0 Å². The summed E-state index contributed by atoms with van der Waals surface area (Å²) in [6, 6.07) is 28.0. The van der Waals surface area contributed by atoms with Gasteiger partial charge >= 0.3 is 0 Å². The summed E-state index contributed by atoms with van der Waals surface area (Å²) >= 11 is 0. The van der Waals surface area contributed by atoms with Crippen molar-refractivity contribution >= 4 is 28.7 Å². The van der Waals surface area contributed by atoms with Gasteiger partial charge in [0.2, 0.25) is 11.8 Å². The first-order valence-electron chi connectivity index (χ1n) is 12.6. The molecule has 0 spiro atoms. The van der Waals surface area contributed by atoms with Gasteiger partial charge in [-0.15, -0.1) is 0 Å². The van der Waals surface area contributed by atoms with Gasteiger partial charge in [0.1, 0.15) is 6.04 Å². The van der Waals surface area contributed by atoms with Gasteiger partial charge in [-0.3, -0.25) is 19.6 Å². The number of guanidine groups is 1. The number of aromatic nitrogens is 1. The zero-order chi connectivity index (χ0) is 26.7. The average Bonchev–Trinajstić information content (AvgIpc) is 2.94. The van der Waals surface area contributed by atoms with E-state index in [9.17, 15) is 9.59 Å². The molecule has 0 aliphatic heterocycles. The number of carbonyl (C=O) groups is 2. The number of nitrogens with zero attached hydrogens (tertiary/aromatic N) is 2. The first-order chi connectivity index (χ1) is 18.5. The maximum atomic E-state index is 13.7. The van der Waals surface area contributed by atoms with Crippen LogP contribution >= 0.6 is 0 Å². The second kappa shape index (κ2) is 13.0. The van der Waals surface area contributed by atoms with Gasteiger partial charge in [0.15, 0.2) is 5.96 Å². The van der Waals surface area contributed by atoms with E-state index in [1.165, 1.54) is 0 Å². The smallest absolute Gasteiger partial charge is 0.242 e. The van der Waals surface area contributed by atoms with Gasteiger partial charge in [-0.2, -0.15) is 0 Å². The van der Waals surface area contributed by atoms with Crippen LogP contribution in [0.25, 0.3) is 10.9 Å². The van der Waals surface area contributed by atoms with E-state index in [0.29, 0.717) is 25.9 Å².